The monoisotopic (exact) mass is 254 g/mol. The first-order valence-corrected chi connectivity index (χ1v) is 4.82. The maximum absolute atomic E-state index is 10.7. The first-order valence-electron chi connectivity index (χ1n) is 4.44. The minimum atomic E-state index is -1.27. The maximum atomic E-state index is 10.7. The van der Waals surface area contributed by atoms with Gasteiger partial charge in [-0.25, -0.2) is 4.79 Å². The lowest BCUT2D eigenvalue weighted by molar-refractivity contribution is -0.132. The third-order valence-corrected chi connectivity index (χ3v) is 2.15. The summed E-state index contributed by atoms with van der Waals surface area (Å²) in [7, 11) is 1.48. The molecule has 0 aliphatic carbocycles. The SMILES string of the molecule is COc1ccc(C=C(N=[N+]=N)C(=O)O)cc1Cl. The maximum Gasteiger partial charge on any atom is 0.362 e. The van der Waals surface area contributed by atoms with Crippen LogP contribution in [0.2, 0.25) is 5.02 Å². The van der Waals surface area contributed by atoms with Gasteiger partial charge in [-0.15, -0.1) is 0 Å². The molecular weight excluding hydrogens is 246 g/mol. The molecule has 1 rings (SSSR count). The molecule has 0 heterocycles. The van der Waals surface area contributed by atoms with Gasteiger partial charge < -0.3 is 9.84 Å². The second kappa shape index (κ2) is 5.79. The molecule has 88 valence electrons. The van der Waals surface area contributed by atoms with E-state index in [1.807, 2.05) is 0 Å². The summed E-state index contributed by atoms with van der Waals surface area (Å²) in [5, 5.41) is 12.3. The fraction of sp³-hybridized carbons (Fsp3) is 0.100. The fourth-order valence-corrected chi connectivity index (χ4v) is 1.38. The van der Waals surface area contributed by atoms with Crippen LogP contribution in [0.15, 0.2) is 29.0 Å². The smallest absolute Gasteiger partial charge is 0.362 e. The van der Waals surface area contributed by atoms with Gasteiger partial charge in [0.2, 0.25) is 10.6 Å². The van der Waals surface area contributed by atoms with E-state index in [1.54, 1.807) is 12.1 Å². The van der Waals surface area contributed by atoms with Crippen LogP contribution in [0.4, 0.5) is 0 Å². The number of hydrogen-bond donors (Lipinski definition) is 2. The summed E-state index contributed by atoms with van der Waals surface area (Å²) in [6.07, 6.45) is 1.26. The molecule has 0 spiro atoms. The Morgan fingerprint density at radius 3 is 2.82 bits per heavy atom. The van der Waals surface area contributed by atoms with Gasteiger partial charge in [0.1, 0.15) is 11.3 Å². The summed E-state index contributed by atoms with van der Waals surface area (Å²) in [5.74, 6) is -0.782. The van der Waals surface area contributed by atoms with Gasteiger partial charge >= 0.3 is 5.97 Å². The third kappa shape index (κ3) is 3.41. The van der Waals surface area contributed by atoms with Crippen LogP contribution in [0, 0.1) is 5.53 Å². The standard InChI is InChI=1S/C10H8ClN3O3/c1-17-9-3-2-6(4-7(9)11)5-8(10(15)16)13-14-12/h2-5,12H,1H3/p+1. The lowest BCUT2D eigenvalue weighted by Gasteiger charge is -2.02. The van der Waals surface area contributed by atoms with Gasteiger partial charge in [-0.1, -0.05) is 17.7 Å². The normalized spacial score (nSPS) is 10.6. The van der Waals surface area contributed by atoms with Crippen molar-refractivity contribution in [3.63, 3.8) is 0 Å². The van der Waals surface area contributed by atoms with Crippen LogP contribution in [-0.2, 0) is 4.79 Å². The van der Waals surface area contributed by atoms with Crippen LogP contribution < -0.4 is 9.65 Å². The van der Waals surface area contributed by atoms with E-state index in [9.17, 15) is 4.79 Å². The highest BCUT2D eigenvalue weighted by Crippen LogP contribution is 2.25. The number of carboxylic acids is 1. The number of methoxy groups -OCH3 is 1. The average Bonchev–Trinajstić information content (AvgIpc) is 2.28. The molecule has 0 radical (unpaired) electrons. The molecule has 6 nitrogen and oxygen atoms in total. The molecule has 0 bridgehead atoms. The second-order valence-corrected chi connectivity index (χ2v) is 3.34. The number of nitrogens with one attached hydrogen (secondary N) is 1. The van der Waals surface area contributed by atoms with E-state index in [4.69, 9.17) is 27.0 Å². The predicted octanol–water partition coefficient (Wildman–Crippen LogP) is 2.32. The lowest BCUT2D eigenvalue weighted by Crippen LogP contribution is -1.97. The van der Waals surface area contributed by atoms with E-state index >= 15 is 0 Å². The topological polar surface area (TPSA) is 96.8 Å². The minimum absolute atomic E-state index is 0.346. The van der Waals surface area contributed by atoms with E-state index in [0.29, 0.717) is 16.3 Å². The van der Waals surface area contributed by atoms with Gasteiger partial charge in [0.15, 0.2) is 5.11 Å². The van der Waals surface area contributed by atoms with Crippen molar-refractivity contribution in [3.8, 4) is 5.75 Å². The van der Waals surface area contributed by atoms with E-state index in [0.717, 1.165) is 0 Å². The molecule has 7 heteroatoms. The molecule has 0 aliphatic rings. The third-order valence-electron chi connectivity index (χ3n) is 1.86. The van der Waals surface area contributed by atoms with Crippen LogP contribution in [-0.4, -0.2) is 18.2 Å². The van der Waals surface area contributed by atoms with Gasteiger partial charge in [-0.3, -0.25) is 0 Å². The molecular formula is C10H9ClN3O3+. The van der Waals surface area contributed by atoms with Crippen molar-refractivity contribution in [2.75, 3.05) is 7.11 Å². The molecule has 2 N–H and O–H groups in total. The number of aliphatic carboxylic acids is 1. The molecule has 0 aliphatic heterocycles. The van der Waals surface area contributed by atoms with E-state index in [1.165, 1.54) is 19.3 Å². The van der Waals surface area contributed by atoms with Crippen molar-refractivity contribution < 1.29 is 14.6 Å². The summed E-state index contributed by atoms with van der Waals surface area (Å²) in [6.45, 7) is 0. The minimum Gasteiger partial charge on any atom is -0.495 e. The molecule has 0 aromatic heterocycles. The van der Waals surface area contributed by atoms with Crippen molar-refractivity contribution in [1.82, 2.24) is 4.91 Å². The van der Waals surface area contributed by atoms with Crippen LogP contribution in [0.3, 0.4) is 0 Å². The zero-order valence-electron chi connectivity index (χ0n) is 8.85. The Balaban J connectivity index is 3.16. The Bertz CT molecular complexity index is 518. The molecule has 17 heavy (non-hydrogen) atoms. The van der Waals surface area contributed by atoms with Gasteiger partial charge in [-0.05, 0) is 23.8 Å². The molecule has 0 unspecified atom stereocenters. The van der Waals surface area contributed by atoms with Crippen molar-refractivity contribution in [2.45, 2.75) is 0 Å². The number of ether oxygens (including phenoxy) is 1. The highest BCUT2D eigenvalue weighted by Gasteiger charge is 2.12. The highest BCUT2D eigenvalue weighted by molar-refractivity contribution is 6.32. The molecule has 0 amide bonds. The van der Waals surface area contributed by atoms with Gasteiger partial charge in [0.25, 0.3) is 0 Å². The summed E-state index contributed by atoms with van der Waals surface area (Å²) in [6, 6.07) is 4.75. The van der Waals surface area contributed by atoms with Crippen LogP contribution in [0.1, 0.15) is 5.56 Å². The molecule has 1 aromatic rings. The summed E-state index contributed by atoms with van der Waals surface area (Å²) >= 11 is 5.88. The summed E-state index contributed by atoms with van der Waals surface area (Å²) < 4.78 is 4.96. The van der Waals surface area contributed by atoms with Crippen molar-refractivity contribution in [1.29, 1.82) is 5.53 Å². The Kier molecular flexibility index (Phi) is 4.39. The number of rotatable bonds is 4. The highest BCUT2D eigenvalue weighted by atomic mass is 35.5. The molecule has 0 atom stereocenters. The van der Waals surface area contributed by atoms with Gasteiger partial charge in [-0.2, -0.15) is 0 Å². The van der Waals surface area contributed by atoms with Crippen molar-refractivity contribution in [2.24, 2.45) is 5.11 Å². The Morgan fingerprint density at radius 1 is 1.65 bits per heavy atom. The second-order valence-electron chi connectivity index (χ2n) is 2.93. The van der Waals surface area contributed by atoms with E-state index < -0.39 is 5.97 Å². The molecule has 0 saturated carbocycles. The van der Waals surface area contributed by atoms with Gasteiger partial charge in [0.05, 0.1) is 12.1 Å². The first-order chi connectivity index (χ1) is 8.08. The number of benzene rings is 1. The van der Waals surface area contributed by atoms with Crippen molar-refractivity contribution >= 4 is 23.6 Å². The lowest BCUT2D eigenvalue weighted by atomic mass is 10.2. The zero-order valence-corrected chi connectivity index (χ0v) is 9.60. The Labute approximate surface area is 102 Å². The number of carbonyl (C=O) groups is 1. The predicted molar refractivity (Wildman–Crippen MR) is 60.9 cm³/mol. The van der Waals surface area contributed by atoms with Crippen molar-refractivity contribution in [3.05, 3.63) is 34.5 Å². The van der Waals surface area contributed by atoms with E-state index in [2.05, 4.69) is 10.0 Å². The number of carboxylic acid groups (broad SMARTS) is 1. The van der Waals surface area contributed by atoms with E-state index in [-0.39, 0.29) is 5.70 Å². The van der Waals surface area contributed by atoms with Crippen LogP contribution in [0.25, 0.3) is 6.08 Å². The first kappa shape index (κ1) is 12.9. The fourth-order valence-electron chi connectivity index (χ4n) is 1.12. The number of hydrogen-bond acceptors (Lipinski definition) is 4. The molecule has 1 aromatic carbocycles. The van der Waals surface area contributed by atoms with Gasteiger partial charge in [0, 0.05) is 0 Å². The quantitative estimate of drug-likeness (QED) is 0.490. The average molecular weight is 255 g/mol. The Morgan fingerprint density at radius 2 is 2.35 bits per heavy atom. The van der Waals surface area contributed by atoms with Crippen LogP contribution in [0.5, 0.6) is 5.75 Å². The zero-order chi connectivity index (χ0) is 12.8. The molecule has 0 fully saturated rings. The number of nitrogens with zero attached hydrogens (tertiary/aromatic N) is 2. The Hall–Kier alpha value is -2.17. The number of halogens is 1. The van der Waals surface area contributed by atoms with Crippen LogP contribution >= 0.6 is 11.6 Å². The molecule has 0 saturated heterocycles. The largest absolute Gasteiger partial charge is 0.495 e. The summed E-state index contributed by atoms with van der Waals surface area (Å²) in [5.41, 5.74) is 6.69. The summed E-state index contributed by atoms with van der Waals surface area (Å²) in [4.78, 5) is 13.4.